The summed E-state index contributed by atoms with van der Waals surface area (Å²) in [5.74, 6) is -0.00424. The van der Waals surface area contributed by atoms with Gasteiger partial charge in [0.25, 0.3) is 0 Å². The van der Waals surface area contributed by atoms with Crippen molar-refractivity contribution in [3.63, 3.8) is 0 Å². The predicted octanol–water partition coefficient (Wildman–Crippen LogP) is 6.47. The number of carboxylic acid groups (broad SMARTS) is 1. The van der Waals surface area contributed by atoms with Gasteiger partial charge < -0.3 is 19.9 Å². The number of hydrogen-bond acceptors (Lipinski definition) is 4. The van der Waals surface area contributed by atoms with Gasteiger partial charge in [-0.2, -0.15) is 0 Å². The van der Waals surface area contributed by atoms with Crippen molar-refractivity contribution in [2.75, 3.05) is 12.4 Å². The maximum absolute atomic E-state index is 12.6. The lowest BCUT2D eigenvalue weighted by atomic mass is 9.91. The van der Waals surface area contributed by atoms with Gasteiger partial charge in [0.2, 0.25) is 0 Å². The Morgan fingerprint density at radius 3 is 2.36 bits per heavy atom. The quantitative estimate of drug-likeness (QED) is 0.383. The van der Waals surface area contributed by atoms with Crippen LogP contribution in [0.3, 0.4) is 0 Å². The van der Waals surface area contributed by atoms with Crippen molar-refractivity contribution in [1.82, 2.24) is 0 Å². The van der Waals surface area contributed by atoms with Gasteiger partial charge in [0.1, 0.15) is 11.3 Å². The maximum atomic E-state index is 12.6. The van der Waals surface area contributed by atoms with Crippen molar-refractivity contribution >= 4 is 11.7 Å². The summed E-state index contributed by atoms with van der Waals surface area (Å²) in [4.78, 5) is 12.6. The van der Waals surface area contributed by atoms with Crippen LogP contribution >= 0.6 is 0 Å². The van der Waals surface area contributed by atoms with E-state index in [9.17, 15) is 9.90 Å². The van der Waals surface area contributed by atoms with Crippen molar-refractivity contribution < 1.29 is 19.4 Å². The molecule has 0 bridgehead atoms. The minimum atomic E-state index is -1.06. The van der Waals surface area contributed by atoms with Crippen molar-refractivity contribution in [1.29, 1.82) is 0 Å². The fourth-order valence-corrected chi connectivity index (χ4v) is 5.92. The number of ether oxygens (including phenoxy) is 2. The van der Waals surface area contributed by atoms with E-state index in [1.54, 1.807) is 7.11 Å². The Bertz CT molecular complexity index is 1250. The molecule has 2 aliphatic carbocycles. The Morgan fingerprint density at radius 2 is 1.72 bits per heavy atom. The zero-order valence-corrected chi connectivity index (χ0v) is 21.4. The maximum Gasteiger partial charge on any atom is 0.330 e. The van der Waals surface area contributed by atoms with Gasteiger partial charge in [-0.15, -0.1) is 0 Å². The largest absolute Gasteiger partial charge is 0.497 e. The van der Waals surface area contributed by atoms with Gasteiger partial charge in [-0.1, -0.05) is 43.2 Å². The number of carboxylic acids is 1. The third-order valence-electron chi connectivity index (χ3n) is 7.67. The van der Waals surface area contributed by atoms with Crippen LogP contribution in [0.5, 0.6) is 5.75 Å². The lowest BCUT2D eigenvalue weighted by molar-refractivity contribution is -0.142. The van der Waals surface area contributed by atoms with Gasteiger partial charge in [0.15, 0.2) is 0 Å². The smallest absolute Gasteiger partial charge is 0.330 e. The topological polar surface area (TPSA) is 67.8 Å². The fourth-order valence-electron chi connectivity index (χ4n) is 5.92. The van der Waals surface area contributed by atoms with Gasteiger partial charge >= 0.3 is 5.97 Å². The van der Waals surface area contributed by atoms with Gasteiger partial charge in [-0.05, 0) is 89.9 Å². The van der Waals surface area contributed by atoms with Crippen LogP contribution in [0.1, 0.15) is 53.5 Å². The van der Waals surface area contributed by atoms with Gasteiger partial charge in [-0.3, -0.25) is 0 Å². The molecule has 36 heavy (non-hydrogen) atoms. The highest BCUT2D eigenvalue weighted by Crippen LogP contribution is 2.38. The first kappa shape index (κ1) is 24.4. The van der Waals surface area contributed by atoms with Crippen LogP contribution < -0.4 is 10.1 Å². The summed E-state index contributed by atoms with van der Waals surface area (Å²) in [6, 6.07) is 18.4. The van der Waals surface area contributed by atoms with Gasteiger partial charge in [0, 0.05) is 18.5 Å². The molecule has 0 aliphatic heterocycles. The monoisotopic (exact) mass is 485 g/mol. The SMILES string of the molecule is COc1cc(C)cc(-c2c(C)cc(NC3(C(=O)O)Cc4ccccc4C3)cc2COC2CCCC2)c1. The number of aryl methyl sites for hydroxylation is 2. The second-order valence-corrected chi connectivity index (χ2v) is 10.4. The molecule has 0 atom stereocenters. The lowest BCUT2D eigenvalue weighted by Gasteiger charge is -2.28. The molecule has 0 amide bonds. The molecule has 3 aromatic carbocycles. The standard InChI is InChI=1S/C31H35NO4/c1-20-12-24(16-28(13-20)35-3)29-21(2)14-26(15-25(29)19-36-27-10-6-7-11-27)32-31(30(33)34)17-22-8-4-5-9-23(22)18-31/h4-5,8-9,12-16,27,32H,6-7,10-11,17-19H2,1-3H3,(H,33,34). The number of benzene rings is 3. The number of carbonyl (C=O) groups is 1. The van der Waals surface area contributed by atoms with Crippen molar-refractivity contribution in [2.45, 2.75) is 70.6 Å². The third-order valence-corrected chi connectivity index (χ3v) is 7.67. The molecule has 1 fully saturated rings. The Morgan fingerprint density at radius 1 is 1.03 bits per heavy atom. The highest BCUT2D eigenvalue weighted by molar-refractivity contribution is 5.86. The fraction of sp³-hybridized carbons (Fsp3) is 0.387. The summed E-state index contributed by atoms with van der Waals surface area (Å²) in [5, 5.41) is 13.7. The Labute approximate surface area is 213 Å². The van der Waals surface area contributed by atoms with E-state index in [0.29, 0.717) is 19.4 Å². The van der Waals surface area contributed by atoms with Crippen LogP contribution in [0.25, 0.3) is 11.1 Å². The summed E-state index contributed by atoms with van der Waals surface area (Å²) in [6.07, 6.45) is 5.85. The minimum absolute atomic E-state index is 0.288. The molecular formula is C31H35NO4. The molecule has 1 saturated carbocycles. The number of aliphatic carboxylic acids is 1. The Balaban J connectivity index is 1.53. The van der Waals surface area contributed by atoms with E-state index in [0.717, 1.165) is 63.2 Å². The molecule has 0 heterocycles. The van der Waals surface area contributed by atoms with Crippen LogP contribution in [0.4, 0.5) is 5.69 Å². The molecule has 0 radical (unpaired) electrons. The molecule has 0 saturated heterocycles. The number of methoxy groups -OCH3 is 1. The zero-order chi connectivity index (χ0) is 25.3. The third kappa shape index (κ3) is 4.85. The summed E-state index contributed by atoms with van der Waals surface area (Å²) in [5.41, 5.74) is 7.42. The van der Waals surface area contributed by atoms with Crippen molar-refractivity contribution in [3.8, 4) is 16.9 Å². The van der Waals surface area contributed by atoms with Crippen LogP contribution in [-0.2, 0) is 29.0 Å². The van der Waals surface area contributed by atoms with E-state index in [1.165, 1.54) is 12.8 Å². The average molecular weight is 486 g/mol. The average Bonchev–Trinajstić information content (AvgIpc) is 3.50. The molecular weight excluding hydrogens is 450 g/mol. The highest BCUT2D eigenvalue weighted by atomic mass is 16.5. The molecule has 0 aromatic heterocycles. The molecule has 5 heteroatoms. The summed E-state index contributed by atoms with van der Waals surface area (Å²) in [7, 11) is 1.69. The molecule has 5 nitrogen and oxygen atoms in total. The van der Waals surface area contributed by atoms with E-state index in [4.69, 9.17) is 9.47 Å². The Hall–Kier alpha value is -3.31. The molecule has 5 rings (SSSR count). The molecule has 2 N–H and O–H groups in total. The summed E-state index contributed by atoms with van der Waals surface area (Å²) >= 11 is 0. The Kier molecular flexibility index (Phi) is 6.76. The van der Waals surface area contributed by atoms with Gasteiger partial charge in [0.05, 0.1) is 19.8 Å². The van der Waals surface area contributed by atoms with Crippen LogP contribution in [-0.4, -0.2) is 29.8 Å². The molecule has 0 spiro atoms. The first-order valence-corrected chi connectivity index (χ1v) is 12.9. The molecule has 188 valence electrons. The number of rotatable bonds is 8. The number of anilines is 1. The minimum Gasteiger partial charge on any atom is -0.497 e. The zero-order valence-electron chi connectivity index (χ0n) is 21.4. The van der Waals surface area contributed by atoms with Crippen LogP contribution in [0.15, 0.2) is 54.6 Å². The van der Waals surface area contributed by atoms with E-state index in [-0.39, 0.29) is 6.10 Å². The van der Waals surface area contributed by atoms with E-state index in [1.807, 2.05) is 30.3 Å². The van der Waals surface area contributed by atoms with Gasteiger partial charge in [-0.25, -0.2) is 4.79 Å². The highest BCUT2D eigenvalue weighted by Gasteiger charge is 2.44. The molecule has 0 unspecified atom stereocenters. The van der Waals surface area contributed by atoms with Crippen LogP contribution in [0, 0.1) is 13.8 Å². The molecule has 3 aromatic rings. The number of hydrogen-bond donors (Lipinski definition) is 2. The normalized spacial score (nSPS) is 16.6. The lowest BCUT2D eigenvalue weighted by Crippen LogP contribution is -2.47. The van der Waals surface area contributed by atoms with Crippen LogP contribution in [0.2, 0.25) is 0 Å². The second-order valence-electron chi connectivity index (χ2n) is 10.4. The molecule has 2 aliphatic rings. The summed E-state index contributed by atoms with van der Waals surface area (Å²) < 4.78 is 11.9. The number of fused-ring (bicyclic) bond motifs is 1. The van der Waals surface area contributed by atoms with E-state index >= 15 is 0 Å². The van der Waals surface area contributed by atoms with Crippen molar-refractivity contribution in [2.24, 2.45) is 0 Å². The first-order valence-electron chi connectivity index (χ1n) is 12.9. The first-order chi connectivity index (χ1) is 17.4. The van der Waals surface area contributed by atoms with Crippen molar-refractivity contribution in [3.05, 3.63) is 82.4 Å². The van der Waals surface area contributed by atoms with E-state index < -0.39 is 11.5 Å². The number of nitrogens with one attached hydrogen (secondary N) is 1. The van der Waals surface area contributed by atoms with E-state index in [2.05, 4.69) is 43.4 Å². The summed E-state index contributed by atoms with van der Waals surface area (Å²) in [6.45, 7) is 4.65. The predicted molar refractivity (Wildman–Crippen MR) is 143 cm³/mol. The second kappa shape index (κ2) is 9.98.